The van der Waals surface area contributed by atoms with Crippen LogP contribution in [0.2, 0.25) is 5.02 Å². The number of nitrogens with zero attached hydrogens (tertiary/aromatic N) is 4. The van der Waals surface area contributed by atoms with Crippen LogP contribution in [0.5, 0.6) is 0 Å². The van der Waals surface area contributed by atoms with E-state index in [9.17, 15) is 0 Å². The van der Waals surface area contributed by atoms with E-state index in [-0.39, 0.29) is 6.04 Å². The van der Waals surface area contributed by atoms with E-state index in [2.05, 4.69) is 60.8 Å². The van der Waals surface area contributed by atoms with Crippen LogP contribution in [0.1, 0.15) is 28.5 Å². The highest BCUT2D eigenvalue weighted by Gasteiger charge is 2.33. The quantitative estimate of drug-likeness (QED) is 0.265. The molecular formula is C28H21ClN4S. The molecule has 2 aromatic heterocycles. The molecule has 6 rings (SSSR count). The Balaban J connectivity index is 1.53. The highest BCUT2D eigenvalue weighted by atomic mass is 35.5. The zero-order valence-electron chi connectivity index (χ0n) is 18.5. The van der Waals surface area contributed by atoms with Crippen LogP contribution in [-0.2, 0) is 0 Å². The number of hydrogen-bond donors (Lipinski definition) is 0. The summed E-state index contributed by atoms with van der Waals surface area (Å²) in [6.45, 7) is 2.10. The summed E-state index contributed by atoms with van der Waals surface area (Å²) in [7, 11) is 0. The number of halogens is 1. The molecule has 34 heavy (non-hydrogen) atoms. The maximum absolute atomic E-state index is 6.35. The summed E-state index contributed by atoms with van der Waals surface area (Å²) in [4.78, 5) is 11.2. The lowest BCUT2D eigenvalue weighted by Crippen LogP contribution is -2.20. The number of rotatable bonds is 4. The largest absolute Gasteiger partial charge is 0.247 e. The predicted molar refractivity (Wildman–Crippen MR) is 142 cm³/mol. The van der Waals surface area contributed by atoms with E-state index in [0.29, 0.717) is 11.0 Å². The minimum atomic E-state index is 0.0460. The fourth-order valence-electron chi connectivity index (χ4n) is 4.32. The van der Waals surface area contributed by atoms with E-state index in [1.54, 1.807) is 11.3 Å². The summed E-state index contributed by atoms with van der Waals surface area (Å²) in [5, 5.41) is 10.7. The van der Waals surface area contributed by atoms with Crippen molar-refractivity contribution in [2.24, 2.45) is 5.10 Å². The van der Waals surface area contributed by atoms with E-state index in [1.165, 1.54) is 10.4 Å². The molecule has 4 nitrogen and oxygen atoms in total. The second kappa shape index (κ2) is 8.67. The summed E-state index contributed by atoms with van der Waals surface area (Å²) >= 11 is 8.08. The van der Waals surface area contributed by atoms with Crippen molar-refractivity contribution in [3.05, 3.63) is 111 Å². The Labute approximate surface area is 207 Å². The van der Waals surface area contributed by atoms with Crippen molar-refractivity contribution < 1.29 is 0 Å². The van der Waals surface area contributed by atoms with Gasteiger partial charge in [0, 0.05) is 27.3 Å². The van der Waals surface area contributed by atoms with E-state index in [1.807, 2.05) is 41.4 Å². The number of aryl methyl sites for hydroxylation is 1. The van der Waals surface area contributed by atoms with Crippen LogP contribution in [0, 0.1) is 6.92 Å². The van der Waals surface area contributed by atoms with Gasteiger partial charge < -0.3 is 0 Å². The van der Waals surface area contributed by atoms with Crippen molar-refractivity contribution in [3.8, 4) is 11.3 Å². The monoisotopic (exact) mass is 480 g/mol. The van der Waals surface area contributed by atoms with Crippen LogP contribution in [0.25, 0.3) is 22.2 Å². The van der Waals surface area contributed by atoms with Gasteiger partial charge in [0.05, 0.1) is 23.0 Å². The third-order valence-electron chi connectivity index (χ3n) is 6.06. The first-order chi connectivity index (χ1) is 16.7. The molecule has 5 aromatic rings. The Kier molecular flexibility index (Phi) is 5.36. The molecule has 0 amide bonds. The van der Waals surface area contributed by atoms with Crippen molar-refractivity contribution in [1.82, 2.24) is 9.97 Å². The zero-order chi connectivity index (χ0) is 23.1. The van der Waals surface area contributed by atoms with Crippen molar-refractivity contribution in [1.29, 1.82) is 0 Å². The van der Waals surface area contributed by atoms with E-state index in [4.69, 9.17) is 26.7 Å². The molecule has 1 aliphatic heterocycles. The van der Waals surface area contributed by atoms with Gasteiger partial charge in [-0.3, -0.25) is 0 Å². The Morgan fingerprint density at radius 1 is 0.882 bits per heavy atom. The van der Waals surface area contributed by atoms with Crippen LogP contribution in [0.4, 0.5) is 5.95 Å². The molecule has 3 aromatic carbocycles. The Morgan fingerprint density at radius 2 is 1.71 bits per heavy atom. The standard InChI is InChI=1S/C28H21ClN4S/c1-18-9-11-19(12-10-18)24-17-25(26-8-5-15-34-26)33(32-24)28-30-23-14-13-21(29)16-22(23)27(31-28)20-6-3-2-4-7-20/h2-16,25H,17H2,1H3. The number of thiophene rings is 1. The van der Waals surface area contributed by atoms with Crippen molar-refractivity contribution in [2.45, 2.75) is 19.4 Å². The summed E-state index contributed by atoms with van der Waals surface area (Å²) in [6, 6.07) is 28.8. The van der Waals surface area contributed by atoms with Gasteiger partial charge >= 0.3 is 0 Å². The maximum Gasteiger partial charge on any atom is 0.247 e. The first-order valence-electron chi connectivity index (χ1n) is 11.2. The number of hydrazone groups is 1. The molecule has 1 aliphatic rings. The van der Waals surface area contributed by atoms with Gasteiger partial charge in [-0.2, -0.15) is 5.10 Å². The maximum atomic E-state index is 6.35. The van der Waals surface area contributed by atoms with E-state index >= 15 is 0 Å². The Hall–Kier alpha value is -3.54. The average molecular weight is 481 g/mol. The van der Waals surface area contributed by atoms with E-state index in [0.717, 1.165) is 39.9 Å². The van der Waals surface area contributed by atoms with Crippen LogP contribution < -0.4 is 5.01 Å². The van der Waals surface area contributed by atoms with Gasteiger partial charge in [0.15, 0.2) is 0 Å². The van der Waals surface area contributed by atoms with Crippen LogP contribution in [0.3, 0.4) is 0 Å². The van der Waals surface area contributed by atoms with Gasteiger partial charge in [-0.25, -0.2) is 15.0 Å². The lowest BCUT2D eigenvalue weighted by atomic mass is 10.0. The normalized spacial score (nSPS) is 15.6. The number of hydrogen-bond acceptors (Lipinski definition) is 5. The molecule has 166 valence electrons. The highest BCUT2D eigenvalue weighted by Crippen LogP contribution is 2.39. The summed E-state index contributed by atoms with van der Waals surface area (Å²) < 4.78 is 0. The minimum Gasteiger partial charge on any atom is -0.223 e. The van der Waals surface area contributed by atoms with Crippen LogP contribution in [0.15, 0.2) is 95.4 Å². The molecule has 6 heteroatoms. The molecule has 0 aliphatic carbocycles. The van der Waals surface area contributed by atoms with Gasteiger partial charge in [0.2, 0.25) is 5.95 Å². The van der Waals surface area contributed by atoms with Crippen molar-refractivity contribution in [3.63, 3.8) is 0 Å². The zero-order valence-corrected chi connectivity index (χ0v) is 20.1. The Bertz CT molecular complexity index is 1500. The molecule has 3 heterocycles. The number of aromatic nitrogens is 2. The number of anilines is 1. The Morgan fingerprint density at radius 3 is 2.47 bits per heavy atom. The van der Waals surface area contributed by atoms with Gasteiger partial charge in [0.25, 0.3) is 0 Å². The molecule has 0 bridgehead atoms. The smallest absolute Gasteiger partial charge is 0.223 e. The van der Waals surface area contributed by atoms with Gasteiger partial charge in [-0.1, -0.05) is 77.8 Å². The molecule has 1 atom stereocenters. The molecule has 0 spiro atoms. The highest BCUT2D eigenvalue weighted by molar-refractivity contribution is 7.10. The van der Waals surface area contributed by atoms with Gasteiger partial charge in [-0.05, 0) is 42.1 Å². The topological polar surface area (TPSA) is 41.4 Å². The molecule has 0 saturated heterocycles. The summed E-state index contributed by atoms with van der Waals surface area (Å²) in [5.74, 6) is 0.592. The SMILES string of the molecule is Cc1ccc(C2=NN(c3nc(-c4ccccc4)c4cc(Cl)ccc4n3)C(c3cccs3)C2)cc1. The molecule has 1 unspecified atom stereocenters. The molecule has 0 radical (unpaired) electrons. The molecule has 0 saturated carbocycles. The number of benzene rings is 3. The molecule has 0 N–H and O–H groups in total. The minimum absolute atomic E-state index is 0.0460. The summed E-state index contributed by atoms with van der Waals surface area (Å²) in [5.41, 5.74) is 6.13. The third kappa shape index (κ3) is 3.87. The second-order valence-corrected chi connectivity index (χ2v) is 9.81. The predicted octanol–water partition coefficient (Wildman–Crippen LogP) is 7.68. The van der Waals surface area contributed by atoms with Crippen LogP contribution >= 0.6 is 22.9 Å². The molecule has 0 fully saturated rings. The lowest BCUT2D eigenvalue weighted by molar-refractivity contribution is 0.700. The van der Waals surface area contributed by atoms with E-state index < -0.39 is 0 Å². The number of fused-ring (bicyclic) bond motifs is 1. The molecular weight excluding hydrogens is 460 g/mol. The van der Waals surface area contributed by atoms with Gasteiger partial charge in [0.1, 0.15) is 0 Å². The summed E-state index contributed by atoms with van der Waals surface area (Å²) in [6.07, 6.45) is 0.798. The van der Waals surface area contributed by atoms with Gasteiger partial charge in [-0.15, -0.1) is 11.3 Å². The second-order valence-electron chi connectivity index (χ2n) is 8.39. The first-order valence-corrected chi connectivity index (χ1v) is 12.4. The fourth-order valence-corrected chi connectivity index (χ4v) is 5.31. The van der Waals surface area contributed by atoms with Crippen LogP contribution in [-0.4, -0.2) is 15.7 Å². The first kappa shape index (κ1) is 21.0. The lowest BCUT2D eigenvalue weighted by Gasteiger charge is -2.21. The average Bonchev–Trinajstić information content (AvgIpc) is 3.55. The van der Waals surface area contributed by atoms with Crippen molar-refractivity contribution in [2.75, 3.05) is 5.01 Å². The van der Waals surface area contributed by atoms with Crippen molar-refractivity contribution >= 4 is 45.5 Å². The third-order valence-corrected chi connectivity index (χ3v) is 7.27. The fraction of sp³-hybridized carbons (Fsp3) is 0.107.